The fourth-order valence-corrected chi connectivity index (χ4v) is 2.83. The molecule has 2 aliphatic heterocycles. The van der Waals surface area contributed by atoms with Crippen molar-refractivity contribution in [3.05, 3.63) is 29.3 Å². The number of rotatable bonds is 5. The number of ether oxygens (including phenoxy) is 1. The highest BCUT2D eigenvalue weighted by Gasteiger charge is 2.27. The fraction of sp³-hybridized carbons (Fsp3) is 0.600. The second-order valence-electron chi connectivity index (χ2n) is 5.49. The first kappa shape index (κ1) is 14.1. The van der Waals surface area contributed by atoms with Gasteiger partial charge in [-0.15, -0.1) is 0 Å². The molecule has 2 saturated heterocycles. The summed E-state index contributed by atoms with van der Waals surface area (Å²) in [4.78, 5) is 5.09. The lowest BCUT2D eigenvalue weighted by Crippen LogP contribution is -2.61. The van der Waals surface area contributed by atoms with Gasteiger partial charge in [0.05, 0.1) is 0 Å². The maximum atomic E-state index is 5.85. The monoisotopic (exact) mass is 295 g/mol. The van der Waals surface area contributed by atoms with Crippen LogP contribution in [0.2, 0.25) is 5.02 Å². The van der Waals surface area contributed by atoms with Crippen molar-refractivity contribution in [2.45, 2.75) is 6.04 Å². The molecule has 1 aromatic rings. The van der Waals surface area contributed by atoms with E-state index >= 15 is 0 Å². The molecule has 3 rings (SSSR count). The van der Waals surface area contributed by atoms with Gasteiger partial charge in [-0.2, -0.15) is 0 Å². The predicted octanol–water partition coefficient (Wildman–Crippen LogP) is 1.31. The molecule has 110 valence electrons. The van der Waals surface area contributed by atoms with Gasteiger partial charge in [-0.1, -0.05) is 11.6 Å². The molecule has 2 heterocycles. The first-order chi connectivity index (χ1) is 9.81. The summed E-state index contributed by atoms with van der Waals surface area (Å²) in [6, 6.07) is 8.35. The van der Waals surface area contributed by atoms with Crippen LogP contribution < -0.4 is 10.1 Å². The smallest absolute Gasteiger partial charge is 0.119 e. The molecule has 0 aromatic heterocycles. The van der Waals surface area contributed by atoms with Gasteiger partial charge in [-0.05, 0) is 24.3 Å². The quantitative estimate of drug-likeness (QED) is 0.886. The Bertz CT molecular complexity index is 414. The van der Waals surface area contributed by atoms with E-state index in [-0.39, 0.29) is 0 Å². The number of halogens is 1. The van der Waals surface area contributed by atoms with Crippen LogP contribution in [-0.4, -0.2) is 68.3 Å². The Morgan fingerprint density at radius 3 is 2.40 bits per heavy atom. The van der Waals surface area contributed by atoms with E-state index in [0.717, 1.165) is 43.1 Å². The molecule has 0 aliphatic carbocycles. The Morgan fingerprint density at radius 2 is 1.80 bits per heavy atom. The van der Waals surface area contributed by atoms with E-state index < -0.39 is 0 Å². The number of nitrogens with zero attached hydrogens (tertiary/aromatic N) is 2. The zero-order valence-corrected chi connectivity index (χ0v) is 12.5. The van der Waals surface area contributed by atoms with E-state index in [1.165, 1.54) is 26.2 Å². The SMILES string of the molecule is Clc1ccc(OCCN2CCN(C3CNC3)CC2)cc1. The fourth-order valence-electron chi connectivity index (χ4n) is 2.71. The van der Waals surface area contributed by atoms with E-state index in [2.05, 4.69) is 15.1 Å². The zero-order valence-electron chi connectivity index (χ0n) is 11.7. The van der Waals surface area contributed by atoms with Gasteiger partial charge in [0.2, 0.25) is 0 Å². The number of nitrogens with one attached hydrogen (secondary N) is 1. The van der Waals surface area contributed by atoms with Crippen molar-refractivity contribution in [2.24, 2.45) is 0 Å². The van der Waals surface area contributed by atoms with Crippen LogP contribution >= 0.6 is 11.6 Å². The Morgan fingerprint density at radius 1 is 1.10 bits per heavy atom. The molecule has 20 heavy (non-hydrogen) atoms. The van der Waals surface area contributed by atoms with Crippen LogP contribution in [0.5, 0.6) is 5.75 Å². The minimum absolute atomic E-state index is 0.743. The lowest BCUT2D eigenvalue weighted by molar-refractivity contribution is 0.0663. The van der Waals surface area contributed by atoms with E-state index in [0.29, 0.717) is 0 Å². The van der Waals surface area contributed by atoms with Crippen LogP contribution in [0, 0.1) is 0 Å². The summed E-state index contributed by atoms with van der Waals surface area (Å²) in [5, 5.41) is 4.09. The van der Waals surface area contributed by atoms with Crippen molar-refractivity contribution in [1.29, 1.82) is 0 Å². The summed E-state index contributed by atoms with van der Waals surface area (Å²) in [5.74, 6) is 0.897. The molecule has 0 saturated carbocycles. The van der Waals surface area contributed by atoms with Crippen molar-refractivity contribution >= 4 is 11.6 Å². The van der Waals surface area contributed by atoms with Crippen molar-refractivity contribution in [2.75, 3.05) is 52.4 Å². The largest absolute Gasteiger partial charge is 0.492 e. The Kier molecular flexibility index (Phi) is 4.78. The minimum atomic E-state index is 0.743. The molecule has 2 aliphatic rings. The molecule has 5 heteroatoms. The van der Waals surface area contributed by atoms with Gasteiger partial charge in [0, 0.05) is 56.9 Å². The molecule has 1 N–H and O–H groups in total. The molecule has 1 aromatic carbocycles. The van der Waals surface area contributed by atoms with Crippen molar-refractivity contribution in [3.8, 4) is 5.75 Å². The lowest BCUT2D eigenvalue weighted by Gasteiger charge is -2.43. The van der Waals surface area contributed by atoms with Crippen molar-refractivity contribution in [1.82, 2.24) is 15.1 Å². The molecular weight excluding hydrogens is 274 g/mol. The van der Waals surface area contributed by atoms with E-state index in [4.69, 9.17) is 16.3 Å². The highest BCUT2D eigenvalue weighted by atomic mass is 35.5. The summed E-state index contributed by atoms with van der Waals surface area (Å²) < 4.78 is 5.75. The summed E-state index contributed by atoms with van der Waals surface area (Å²) in [6.45, 7) is 8.76. The molecule has 0 radical (unpaired) electrons. The molecule has 2 fully saturated rings. The van der Waals surface area contributed by atoms with Crippen LogP contribution in [0.1, 0.15) is 0 Å². The summed E-state index contributed by atoms with van der Waals surface area (Å²) in [5.41, 5.74) is 0. The van der Waals surface area contributed by atoms with E-state index in [1.54, 1.807) is 0 Å². The van der Waals surface area contributed by atoms with E-state index in [1.807, 2.05) is 24.3 Å². The number of benzene rings is 1. The van der Waals surface area contributed by atoms with Gasteiger partial charge < -0.3 is 10.1 Å². The van der Waals surface area contributed by atoms with Crippen molar-refractivity contribution in [3.63, 3.8) is 0 Å². The Balaban J connectivity index is 1.34. The highest BCUT2D eigenvalue weighted by Crippen LogP contribution is 2.15. The Hall–Kier alpha value is -0.810. The van der Waals surface area contributed by atoms with Gasteiger partial charge in [-0.3, -0.25) is 9.80 Å². The van der Waals surface area contributed by atoms with E-state index in [9.17, 15) is 0 Å². The number of piperazine rings is 1. The summed E-state index contributed by atoms with van der Waals surface area (Å²) >= 11 is 5.85. The molecule has 0 spiro atoms. The first-order valence-electron chi connectivity index (χ1n) is 7.37. The van der Waals surface area contributed by atoms with Gasteiger partial charge in [0.1, 0.15) is 12.4 Å². The first-order valence-corrected chi connectivity index (χ1v) is 7.74. The van der Waals surface area contributed by atoms with Crippen LogP contribution in [0.4, 0.5) is 0 Å². The maximum absolute atomic E-state index is 5.85. The maximum Gasteiger partial charge on any atom is 0.119 e. The van der Waals surface area contributed by atoms with Crippen LogP contribution in [-0.2, 0) is 0 Å². The normalized spacial score (nSPS) is 21.6. The number of hydrogen-bond donors (Lipinski definition) is 1. The second kappa shape index (κ2) is 6.76. The number of hydrogen-bond acceptors (Lipinski definition) is 4. The van der Waals surface area contributed by atoms with Gasteiger partial charge in [0.25, 0.3) is 0 Å². The molecule has 4 nitrogen and oxygen atoms in total. The molecule has 0 bridgehead atoms. The molecular formula is C15H22ClN3O. The topological polar surface area (TPSA) is 27.7 Å². The van der Waals surface area contributed by atoms with Crippen LogP contribution in [0.25, 0.3) is 0 Å². The predicted molar refractivity (Wildman–Crippen MR) is 81.6 cm³/mol. The summed E-state index contributed by atoms with van der Waals surface area (Å²) in [6.07, 6.45) is 0. The standard InChI is InChI=1S/C15H22ClN3O/c16-13-1-3-15(4-2-13)20-10-9-18-5-7-19(8-6-18)14-11-17-12-14/h1-4,14,17H,5-12H2. The molecule has 0 unspecified atom stereocenters. The molecule has 0 atom stereocenters. The third-order valence-electron chi connectivity index (χ3n) is 4.17. The molecule has 0 amide bonds. The zero-order chi connectivity index (χ0) is 13.8. The second-order valence-corrected chi connectivity index (χ2v) is 5.93. The lowest BCUT2D eigenvalue weighted by atomic mass is 10.1. The summed E-state index contributed by atoms with van der Waals surface area (Å²) in [7, 11) is 0. The van der Waals surface area contributed by atoms with Crippen molar-refractivity contribution < 1.29 is 4.74 Å². The average molecular weight is 296 g/mol. The Labute approximate surface area is 125 Å². The average Bonchev–Trinajstić information content (AvgIpc) is 2.41. The van der Waals surface area contributed by atoms with Gasteiger partial charge in [-0.25, -0.2) is 0 Å². The van der Waals surface area contributed by atoms with Gasteiger partial charge >= 0.3 is 0 Å². The highest BCUT2D eigenvalue weighted by molar-refractivity contribution is 6.30. The third-order valence-corrected chi connectivity index (χ3v) is 4.43. The minimum Gasteiger partial charge on any atom is -0.492 e. The van der Waals surface area contributed by atoms with Crippen LogP contribution in [0.15, 0.2) is 24.3 Å². The third kappa shape index (κ3) is 3.64. The van der Waals surface area contributed by atoms with Gasteiger partial charge in [0.15, 0.2) is 0 Å². The van der Waals surface area contributed by atoms with Crippen LogP contribution in [0.3, 0.4) is 0 Å².